The van der Waals surface area contributed by atoms with Crippen molar-refractivity contribution in [3.05, 3.63) is 83.3 Å². The third-order valence-electron chi connectivity index (χ3n) is 6.33. The molecule has 0 spiro atoms. The quantitative estimate of drug-likeness (QED) is 0.354. The van der Waals surface area contributed by atoms with Crippen LogP contribution in [0.5, 0.6) is 0 Å². The van der Waals surface area contributed by atoms with Crippen molar-refractivity contribution in [1.29, 1.82) is 0 Å². The van der Waals surface area contributed by atoms with Crippen molar-refractivity contribution in [3.8, 4) is 11.4 Å². The van der Waals surface area contributed by atoms with Crippen LogP contribution in [0, 0.1) is 0 Å². The maximum atomic E-state index is 9.63. The number of aliphatic hydroxyl groups excluding tert-OH is 2. The van der Waals surface area contributed by atoms with Gasteiger partial charge in [0.1, 0.15) is 5.82 Å². The van der Waals surface area contributed by atoms with E-state index in [-0.39, 0.29) is 13.2 Å². The van der Waals surface area contributed by atoms with Crippen molar-refractivity contribution in [3.63, 3.8) is 0 Å². The number of fused-ring (bicyclic) bond motifs is 1. The molecule has 0 saturated carbocycles. The van der Waals surface area contributed by atoms with Crippen LogP contribution in [0.3, 0.4) is 0 Å². The number of nitrogens with one attached hydrogen (secondary N) is 1. The highest BCUT2D eigenvalue weighted by Gasteiger charge is 2.18. The highest BCUT2D eigenvalue weighted by Crippen LogP contribution is 2.26. The molecular formula is C29H33N5O2. The predicted octanol–water partition coefficient (Wildman–Crippen LogP) is 3.18. The van der Waals surface area contributed by atoms with Gasteiger partial charge in [-0.2, -0.15) is 0 Å². The van der Waals surface area contributed by atoms with E-state index < -0.39 is 5.92 Å². The summed E-state index contributed by atoms with van der Waals surface area (Å²) in [6, 6.07) is 1.89. The van der Waals surface area contributed by atoms with Crippen LogP contribution in [0.1, 0.15) is 44.1 Å². The molecule has 2 aromatic rings. The number of aliphatic hydroxyl groups is 2. The van der Waals surface area contributed by atoms with Gasteiger partial charge in [-0.3, -0.25) is 9.98 Å². The van der Waals surface area contributed by atoms with Gasteiger partial charge in [-0.1, -0.05) is 37.0 Å². The fourth-order valence-electron chi connectivity index (χ4n) is 4.39. The van der Waals surface area contributed by atoms with Gasteiger partial charge in [0.2, 0.25) is 0 Å². The Morgan fingerprint density at radius 3 is 2.81 bits per heavy atom. The van der Waals surface area contributed by atoms with Crippen LogP contribution < -0.4 is 15.9 Å². The monoisotopic (exact) mass is 483 g/mol. The van der Waals surface area contributed by atoms with E-state index in [9.17, 15) is 10.2 Å². The van der Waals surface area contributed by atoms with Crippen molar-refractivity contribution < 1.29 is 10.2 Å². The minimum absolute atomic E-state index is 0.159. The zero-order chi connectivity index (χ0) is 25.3. The van der Waals surface area contributed by atoms with Gasteiger partial charge in [-0.25, -0.2) is 9.97 Å². The topological polar surface area (TPSA) is 104 Å². The summed E-state index contributed by atoms with van der Waals surface area (Å²) in [5, 5.41) is 24.7. The number of aromatic nitrogens is 3. The molecule has 0 bridgehead atoms. The molecule has 2 aromatic heterocycles. The van der Waals surface area contributed by atoms with Gasteiger partial charge in [-0.15, -0.1) is 0 Å². The molecule has 7 heteroatoms. The van der Waals surface area contributed by atoms with Crippen molar-refractivity contribution in [2.24, 2.45) is 4.99 Å². The van der Waals surface area contributed by atoms with E-state index in [1.165, 1.54) is 11.1 Å². The first-order valence-electron chi connectivity index (χ1n) is 12.3. The van der Waals surface area contributed by atoms with Gasteiger partial charge in [0.05, 0.1) is 25.1 Å². The first-order valence-corrected chi connectivity index (χ1v) is 12.3. The van der Waals surface area contributed by atoms with E-state index in [0.29, 0.717) is 12.4 Å². The molecule has 36 heavy (non-hydrogen) atoms. The number of aliphatic imine (C=N–C) groups is 1. The van der Waals surface area contributed by atoms with Crippen LogP contribution in [0.15, 0.2) is 72.2 Å². The Kier molecular flexibility index (Phi) is 8.71. The molecule has 0 aromatic carbocycles. The molecule has 0 unspecified atom stereocenters. The zero-order valence-corrected chi connectivity index (χ0v) is 20.7. The Morgan fingerprint density at radius 2 is 2.06 bits per heavy atom. The molecule has 0 atom stereocenters. The molecule has 2 aliphatic rings. The SMILES string of the molecule is C=C/C=C\N=C(/C)CNc1nc(-c2cncc(C(CO)CO)c2)nc2c1=C(C1=CC=CCC1)CCC=2. The van der Waals surface area contributed by atoms with Crippen LogP contribution in [-0.2, 0) is 0 Å². The van der Waals surface area contributed by atoms with Crippen molar-refractivity contribution in [2.45, 2.75) is 38.5 Å². The molecule has 7 nitrogen and oxygen atoms in total. The molecule has 0 radical (unpaired) electrons. The summed E-state index contributed by atoms with van der Waals surface area (Å²) in [6.45, 7) is 5.87. The lowest BCUT2D eigenvalue weighted by Crippen LogP contribution is -2.38. The maximum absolute atomic E-state index is 9.63. The van der Waals surface area contributed by atoms with E-state index in [1.807, 2.05) is 13.0 Å². The van der Waals surface area contributed by atoms with E-state index in [2.05, 4.69) is 46.2 Å². The summed E-state index contributed by atoms with van der Waals surface area (Å²) in [4.78, 5) is 18.7. The molecule has 0 saturated heterocycles. The lowest BCUT2D eigenvalue weighted by Gasteiger charge is -2.19. The molecular weight excluding hydrogens is 450 g/mol. The minimum Gasteiger partial charge on any atom is -0.396 e. The average Bonchev–Trinajstić information content (AvgIpc) is 2.92. The number of anilines is 1. The van der Waals surface area contributed by atoms with Crippen LogP contribution >= 0.6 is 0 Å². The molecule has 186 valence electrons. The fourth-order valence-corrected chi connectivity index (χ4v) is 4.39. The second kappa shape index (κ2) is 12.3. The summed E-state index contributed by atoms with van der Waals surface area (Å²) >= 11 is 0. The Balaban J connectivity index is 1.84. The molecule has 2 heterocycles. The van der Waals surface area contributed by atoms with E-state index in [0.717, 1.165) is 58.9 Å². The largest absolute Gasteiger partial charge is 0.396 e. The number of nitrogens with zero attached hydrogens (tertiary/aromatic N) is 4. The van der Waals surface area contributed by atoms with E-state index in [4.69, 9.17) is 9.97 Å². The normalized spacial score (nSPS) is 15.6. The summed E-state index contributed by atoms with van der Waals surface area (Å²) in [5.41, 5.74) is 5.04. The number of pyridine rings is 1. The lowest BCUT2D eigenvalue weighted by molar-refractivity contribution is 0.192. The summed E-state index contributed by atoms with van der Waals surface area (Å²) < 4.78 is 0. The number of rotatable bonds is 10. The second-order valence-electron chi connectivity index (χ2n) is 8.90. The Labute approximate surface area is 211 Å². The molecule has 4 rings (SSSR count). The number of allylic oxidation sites excluding steroid dienone is 6. The number of hydrogen-bond donors (Lipinski definition) is 3. The van der Waals surface area contributed by atoms with E-state index in [1.54, 1.807) is 30.7 Å². The lowest BCUT2D eigenvalue weighted by atomic mass is 9.90. The Morgan fingerprint density at radius 1 is 1.19 bits per heavy atom. The highest BCUT2D eigenvalue weighted by molar-refractivity contribution is 5.86. The average molecular weight is 484 g/mol. The molecule has 2 aliphatic carbocycles. The summed E-state index contributed by atoms with van der Waals surface area (Å²) in [7, 11) is 0. The van der Waals surface area contributed by atoms with Crippen molar-refractivity contribution >= 4 is 23.2 Å². The van der Waals surface area contributed by atoms with Gasteiger partial charge < -0.3 is 15.5 Å². The zero-order valence-electron chi connectivity index (χ0n) is 20.7. The minimum atomic E-state index is -0.395. The summed E-state index contributed by atoms with van der Waals surface area (Å²) in [5.74, 6) is 0.925. The van der Waals surface area contributed by atoms with Crippen molar-refractivity contribution in [2.75, 3.05) is 25.1 Å². The van der Waals surface area contributed by atoms with Crippen LogP contribution in [-0.4, -0.2) is 50.6 Å². The predicted molar refractivity (Wildman–Crippen MR) is 146 cm³/mol. The Bertz CT molecular complexity index is 1350. The molecule has 0 aliphatic heterocycles. The van der Waals surface area contributed by atoms with Gasteiger partial charge in [0, 0.05) is 41.0 Å². The van der Waals surface area contributed by atoms with Crippen LogP contribution in [0.4, 0.5) is 5.82 Å². The third-order valence-corrected chi connectivity index (χ3v) is 6.33. The molecule has 0 amide bonds. The molecule has 0 fully saturated rings. The van der Waals surface area contributed by atoms with Gasteiger partial charge in [-0.05, 0) is 61.5 Å². The third kappa shape index (κ3) is 5.93. The second-order valence-corrected chi connectivity index (χ2v) is 8.90. The maximum Gasteiger partial charge on any atom is 0.163 e. The van der Waals surface area contributed by atoms with Crippen LogP contribution in [0.25, 0.3) is 23.0 Å². The van der Waals surface area contributed by atoms with Gasteiger partial charge in [0.25, 0.3) is 0 Å². The first kappa shape index (κ1) is 25.4. The standard InChI is InChI=1S/C29H33N5O2/c1-3-4-13-31-20(2)15-32-29-27-25(21-9-6-5-7-10-21)11-8-12-26(27)33-28(34-29)23-14-22(16-30-17-23)24(18-35)19-36/h3-6,9,12-14,16-17,24,35-36H,1,7-8,10-11,15,18-19H2,2H3,(H,32,33,34)/b13-4-,31-20+. The smallest absolute Gasteiger partial charge is 0.163 e. The highest BCUT2D eigenvalue weighted by atomic mass is 16.3. The summed E-state index contributed by atoms with van der Waals surface area (Å²) in [6.07, 6.45) is 21.2. The first-order chi connectivity index (χ1) is 17.6. The fraction of sp³-hybridized carbons (Fsp3) is 0.310. The van der Waals surface area contributed by atoms with Gasteiger partial charge >= 0.3 is 0 Å². The van der Waals surface area contributed by atoms with Crippen molar-refractivity contribution in [1.82, 2.24) is 15.0 Å². The number of hydrogen-bond acceptors (Lipinski definition) is 7. The van der Waals surface area contributed by atoms with E-state index >= 15 is 0 Å². The Hall–Kier alpha value is -3.68. The van der Waals surface area contributed by atoms with Gasteiger partial charge in [0.15, 0.2) is 5.82 Å². The molecule has 3 N–H and O–H groups in total. The van der Waals surface area contributed by atoms with Crippen LogP contribution in [0.2, 0.25) is 0 Å².